The molecule has 0 bridgehead atoms. The van der Waals surface area contributed by atoms with E-state index in [9.17, 15) is 0 Å². The molecule has 0 atom stereocenters. The number of pyridine rings is 1. The molecule has 0 aliphatic heterocycles. The number of fused-ring (bicyclic) bond motifs is 1. The molecule has 0 saturated carbocycles. The Balaban J connectivity index is 1.84. The third-order valence-corrected chi connectivity index (χ3v) is 3.15. The number of hydrogen-bond acceptors (Lipinski definition) is 4. The summed E-state index contributed by atoms with van der Waals surface area (Å²) in [5.41, 5.74) is 2.66. The van der Waals surface area contributed by atoms with Gasteiger partial charge in [-0.1, -0.05) is 23.4 Å². The van der Waals surface area contributed by atoms with Crippen molar-refractivity contribution in [3.05, 3.63) is 54.9 Å². The molecule has 1 aromatic carbocycles. The van der Waals surface area contributed by atoms with Gasteiger partial charge >= 0.3 is 0 Å². The van der Waals surface area contributed by atoms with Crippen LogP contribution in [0.5, 0.6) is 0 Å². The van der Waals surface area contributed by atoms with Crippen LogP contribution in [0.25, 0.3) is 33.9 Å². The Morgan fingerprint density at radius 2 is 2.00 bits per heavy atom. The van der Waals surface area contributed by atoms with E-state index in [1.165, 1.54) is 0 Å². The molecule has 5 heteroatoms. The van der Waals surface area contributed by atoms with Gasteiger partial charge in [0, 0.05) is 28.9 Å². The molecule has 96 valence electrons. The van der Waals surface area contributed by atoms with E-state index >= 15 is 0 Å². The highest BCUT2D eigenvalue weighted by Gasteiger charge is 2.13. The average Bonchev–Trinajstić information content (AvgIpc) is 3.17. The minimum atomic E-state index is 0.424. The summed E-state index contributed by atoms with van der Waals surface area (Å²) in [6, 6.07) is 13.5. The average molecular weight is 262 g/mol. The predicted octanol–water partition coefficient (Wildman–Crippen LogP) is 3.28. The number of nitrogens with zero attached hydrogens (tertiary/aromatic N) is 3. The van der Waals surface area contributed by atoms with Crippen LogP contribution in [-0.2, 0) is 0 Å². The van der Waals surface area contributed by atoms with Crippen LogP contribution in [0.3, 0.4) is 0 Å². The molecule has 0 unspecified atom stereocenters. The van der Waals surface area contributed by atoms with Gasteiger partial charge in [-0.25, -0.2) is 0 Å². The predicted molar refractivity (Wildman–Crippen MR) is 74.8 cm³/mol. The van der Waals surface area contributed by atoms with Crippen LogP contribution in [0, 0.1) is 0 Å². The minimum absolute atomic E-state index is 0.424. The molecule has 20 heavy (non-hydrogen) atoms. The lowest BCUT2D eigenvalue weighted by Gasteiger charge is -1.96. The standard InChI is InChI=1S/C15H10N4O/c1-2-8-16-13(5-1)15-18-14(19-20-15)11-4-3-6-12-10(11)7-9-17-12/h1-9,17H. The van der Waals surface area contributed by atoms with Gasteiger partial charge in [0.05, 0.1) is 0 Å². The van der Waals surface area contributed by atoms with Crippen molar-refractivity contribution in [3.63, 3.8) is 0 Å². The molecule has 0 fully saturated rings. The Labute approximate surface area is 114 Å². The fourth-order valence-electron chi connectivity index (χ4n) is 2.21. The van der Waals surface area contributed by atoms with Gasteiger partial charge in [0.15, 0.2) is 0 Å². The van der Waals surface area contributed by atoms with Crippen LogP contribution in [0.4, 0.5) is 0 Å². The van der Waals surface area contributed by atoms with E-state index in [1.807, 2.05) is 48.7 Å². The lowest BCUT2D eigenvalue weighted by atomic mass is 10.1. The Hall–Kier alpha value is -2.95. The highest BCUT2D eigenvalue weighted by molar-refractivity contribution is 5.93. The van der Waals surface area contributed by atoms with Gasteiger partial charge in [0.25, 0.3) is 5.89 Å². The largest absolute Gasteiger partial charge is 0.361 e. The second kappa shape index (κ2) is 4.31. The Kier molecular flexibility index (Phi) is 2.35. The van der Waals surface area contributed by atoms with E-state index in [0.29, 0.717) is 17.4 Å². The van der Waals surface area contributed by atoms with E-state index in [2.05, 4.69) is 20.1 Å². The zero-order chi connectivity index (χ0) is 13.4. The van der Waals surface area contributed by atoms with Crippen molar-refractivity contribution < 1.29 is 4.52 Å². The van der Waals surface area contributed by atoms with Crippen LogP contribution in [0.1, 0.15) is 0 Å². The lowest BCUT2D eigenvalue weighted by Crippen LogP contribution is -1.83. The monoisotopic (exact) mass is 262 g/mol. The van der Waals surface area contributed by atoms with Crippen molar-refractivity contribution in [1.29, 1.82) is 0 Å². The fraction of sp³-hybridized carbons (Fsp3) is 0. The molecule has 4 rings (SSSR count). The smallest absolute Gasteiger partial charge is 0.276 e. The third-order valence-electron chi connectivity index (χ3n) is 3.15. The van der Waals surface area contributed by atoms with Gasteiger partial charge in [-0.15, -0.1) is 0 Å². The maximum Gasteiger partial charge on any atom is 0.276 e. The van der Waals surface area contributed by atoms with E-state index in [-0.39, 0.29) is 0 Å². The summed E-state index contributed by atoms with van der Waals surface area (Å²) >= 11 is 0. The lowest BCUT2D eigenvalue weighted by molar-refractivity contribution is 0.431. The van der Waals surface area contributed by atoms with Gasteiger partial charge in [0.2, 0.25) is 5.82 Å². The second-order valence-electron chi connectivity index (χ2n) is 4.38. The number of nitrogens with one attached hydrogen (secondary N) is 1. The van der Waals surface area contributed by atoms with Crippen LogP contribution in [0.15, 0.2) is 59.4 Å². The van der Waals surface area contributed by atoms with Crippen molar-refractivity contribution in [1.82, 2.24) is 20.1 Å². The zero-order valence-corrected chi connectivity index (χ0v) is 10.4. The van der Waals surface area contributed by atoms with E-state index in [0.717, 1.165) is 16.5 Å². The normalized spacial score (nSPS) is 11.0. The van der Waals surface area contributed by atoms with Crippen molar-refractivity contribution in [2.24, 2.45) is 0 Å². The molecule has 3 aromatic heterocycles. The number of aromatic amines is 1. The molecule has 4 aromatic rings. The molecule has 0 spiro atoms. The van der Waals surface area contributed by atoms with Crippen LogP contribution >= 0.6 is 0 Å². The molecule has 5 nitrogen and oxygen atoms in total. The van der Waals surface area contributed by atoms with Crippen LogP contribution in [0.2, 0.25) is 0 Å². The first-order valence-electron chi connectivity index (χ1n) is 6.23. The molecule has 0 radical (unpaired) electrons. The first-order valence-corrected chi connectivity index (χ1v) is 6.23. The Morgan fingerprint density at radius 1 is 1.00 bits per heavy atom. The van der Waals surface area contributed by atoms with Crippen molar-refractivity contribution in [3.8, 4) is 23.0 Å². The number of aromatic nitrogens is 4. The number of rotatable bonds is 2. The number of H-pyrrole nitrogens is 1. The van der Waals surface area contributed by atoms with Gasteiger partial charge in [-0.05, 0) is 24.3 Å². The highest BCUT2D eigenvalue weighted by Crippen LogP contribution is 2.27. The molecule has 0 aliphatic carbocycles. The number of hydrogen-bond donors (Lipinski definition) is 1. The van der Waals surface area contributed by atoms with Crippen LogP contribution in [-0.4, -0.2) is 20.1 Å². The minimum Gasteiger partial charge on any atom is -0.361 e. The SMILES string of the molecule is c1ccc(-c2nc(-c3cccc4[nH]ccc34)no2)nc1. The fourth-order valence-corrected chi connectivity index (χ4v) is 2.21. The van der Waals surface area contributed by atoms with Crippen molar-refractivity contribution in [2.45, 2.75) is 0 Å². The summed E-state index contributed by atoms with van der Waals surface area (Å²) in [4.78, 5) is 11.8. The van der Waals surface area contributed by atoms with Crippen LogP contribution < -0.4 is 0 Å². The molecule has 0 saturated heterocycles. The first-order chi connectivity index (χ1) is 9.92. The van der Waals surface area contributed by atoms with Gasteiger partial charge in [-0.3, -0.25) is 4.98 Å². The topological polar surface area (TPSA) is 67.6 Å². The Bertz CT molecular complexity index is 864. The molecule has 0 aliphatic rings. The maximum atomic E-state index is 5.30. The summed E-state index contributed by atoms with van der Waals surface area (Å²) in [5.74, 6) is 0.990. The van der Waals surface area contributed by atoms with E-state index in [1.54, 1.807) is 6.20 Å². The second-order valence-corrected chi connectivity index (χ2v) is 4.38. The molecular formula is C15H10N4O. The third kappa shape index (κ3) is 1.68. The molecule has 1 N–H and O–H groups in total. The summed E-state index contributed by atoms with van der Waals surface area (Å²) < 4.78 is 5.30. The van der Waals surface area contributed by atoms with Gasteiger partial charge in [0.1, 0.15) is 5.69 Å². The maximum absolute atomic E-state index is 5.30. The summed E-state index contributed by atoms with van der Waals surface area (Å²) in [5, 5.41) is 5.12. The summed E-state index contributed by atoms with van der Waals surface area (Å²) in [6.07, 6.45) is 3.60. The van der Waals surface area contributed by atoms with Gasteiger partial charge < -0.3 is 9.51 Å². The highest BCUT2D eigenvalue weighted by atomic mass is 16.5. The first kappa shape index (κ1) is 10.9. The molecule has 3 heterocycles. The van der Waals surface area contributed by atoms with Crippen molar-refractivity contribution in [2.75, 3.05) is 0 Å². The molecular weight excluding hydrogens is 252 g/mol. The number of benzene rings is 1. The van der Waals surface area contributed by atoms with E-state index in [4.69, 9.17) is 4.52 Å². The zero-order valence-electron chi connectivity index (χ0n) is 10.4. The Morgan fingerprint density at radius 3 is 2.90 bits per heavy atom. The molecule has 0 amide bonds. The quantitative estimate of drug-likeness (QED) is 0.602. The summed E-state index contributed by atoms with van der Waals surface area (Å²) in [7, 11) is 0. The van der Waals surface area contributed by atoms with Crippen molar-refractivity contribution >= 4 is 10.9 Å². The van der Waals surface area contributed by atoms with E-state index < -0.39 is 0 Å². The van der Waals surface area contributed by atoms with Gasteiger partial charge in [-0.2, -0.15) is 4.98 Å². The summed E-state index contributed by atoms with van der Waals surface area (Å²) in [6.45, 7) is 0.